The first-order valence-electron chi connectivity index (χ1n) is 5.70. The van der Waals surface area contributed by atoms with Gasteiger partial charge in [0.1, 0.15) is 0 Å². The fraction of sp³-hybridized carbons (Fsp3) is 0.545. The Morgan fingerprint density at radius 1 is 1.50 bits per heavy atom. The molecule has 0 saturated heterocycles. The fourth-order valence-corrected chi connectivity index (χ4v) is 1.90. The Balaban J connectivity index is 2.12. The summed E-state index contributed by atoms with van der Waals surface area (Å²) in [6.07, 6.45) is 0.261. The lowest BCUT2D eigenvalue weighted by Crippen LogP contribution is -2.29. The summed E-state index contributed by atoms with van der Waals surface area (Å²) in [4.78, 5) is 26.6. The summed E-state index contributed by atoms with van der Waals surface area (Å²) >= 11 is 1.38. The van der Waals surface area contributed by atoms with Crippen molar-refractivity contribution in [1.29, 1.82) is 0 Å². The Labute approximate surface area is 110 Å². The number of ether oxygens (including phenoxy) is 1. The van der Waals surface area contributed by atoms with Crippen LogP contribution in [0.1, 0.15) is 19.0 Å². The molecule has 18 heavy (non-hydrogen) atoms. The molecule has 1 heterocycles. The standard InChI is InChI=1S/C11H17N3O3S/c1-3-17-10(16)4-5-12-6-9(15)14-11-13-8(2)7-18-11/h7,12H,3-6H2,1-2H3,(H,13,14,15). The van der Waals surface area contributed by atoms with Gasteiger partial charge >= 0.3 is 5.97 Å². The molecule has 1 aromatic rings. The van der Waals surface area contributed by atoms with Crippen molar-refractivity contribution in [3.05, 3.63) is 11.1 Å². The predicted octanol–water partition coefficient (Wildman–Crippen LogP) is 0.933. The molecule has 0 radical (unpaired) electrons. The number of hydrogen-bond donors (Lipinski definition) is 2. The van der Waals surface area contributed by atoms with Gasteiger partial charge in [0, 0.05) is 11.9 Å². The third-order valence-electron chi connectivity index (χ3n) is 1.96. The molecule has 0 unspecified atom stereocenters. The summed E-state index contributed by atoms with van der Waals surface area (Å²) in [7, 11) is 0. The van der Waals surface area contributed by atoms with E-state index in [0.29, 0.717) is 18.3 Å². The van der Waals surface area contributed by atoms with E-state index in [4.69, 9.17) is 4.74 Å². The second kappa shape index (κ2) is 7.78. The molecule has 1 aromatic heterocycles. The minimum absolute atomic E-state index is 0.151. The van der Waals surface area contributed by atoms with Crippen molar-refractivity contribution in [3.8, 4) is 0 Å². The Kier molecular flexibility index (Phi) is 6.31. The first kappa shape index (κ1) is 14.6. The van der Waals surface area contributed by atoms with Crippen molar-refractivity contribution >= 4 is 28.3 Å². The van der Waals surface area contributed by atoms with E-state index in [1.807, 2.05) is 12.3 Å². The van der Waals surface area contributed by atoms with Gasteiger partial charge in [-0.05, 0) is 13.8 Å². The van der Waals surface area contributed by atoms with Gasteiger partial charge in [-0.1, -0.05) is 0 Å². The van der Waals surface area contributed by atoms with Gasteiger partial charge in [0.15, 0.2) is 5.13 Å². The van der Waals surface area contributed by atoms with Crippen LogP contribution in [0.4, 0.5) is 5.13 Å². The van der Waals surface area contributed by atoms with E-state index >= 15 is 0 Å². The Morgan fingerprint density at radius 3 is 2.89 bits per heavy atom. The summed E-state index contributed by atoms with van der Waals surface area (Å²) in [5, 5.41) is 7.98. The quantitative estimate of drug-likeness (QED) is 0.569. The lowest BCUT2D eigenvalue weighted by molar-refractivity contribution is -0.143. The van der Waals surface area contributed by atoms with Crippen molar-refractivity contribution in [3.63, 3.8) is 0 Å². The van der Waals surface area contributed by atoms with E-state index < -0.39 is 0 Å². The average molecular weight is 271 g/mol. The van der Waals surface area contributed by atoms with Gasteiger partial charge in [-0.3, -0.25) is 9.59 Å². The van der Waals surface area contributed by atoms with Gasteiger partial charge in [0.25, 0.3) is 0 Å². The minimum atomic E-state index is -0.263. The highest BCUT2D eigenvalue weighted by molar-refractivity contribution is 7.13. The molecule has 1 amide bonds. The zero-order valence-electron chi connectivity index (χ0n) is 10.5. The van der Waals surface area contributed by atoms with Crippen LogP contribution < -0.4 is 10.6 Å². The molecule has 6 nitrogen and oxygen atoms in total. The molecule has 0 aromatic carbocycles. The van der Waals surface area contributed by atoms with Crippen LogP contribution in [0.3, 0.4) is 0 Å². The molecule has 0 spiro atoms. The zero-order chi connectivity index (χ0) is 13.4. The molecule has 100 valence electrons. The highest BCUT2D eigenvalue weighted by Gasteiger charge is 2.05. The van der Waals surface area contributed by atoms with E-state index in [2.05, 4.69) is 15.6 Å². The smallest absolute Gasteiger partial charge is 0.307 e. The van der Waals surface area contributed by atoms with E-state index in [9.17, 15) is 9.59 Å². The second-order valence-electron chi connectivity index (χ2n) is 3.57. The maximum Gasteiger partial charge on any atom is 0.307 e. The maximum absolute atomic E-state index is 11.5. The van der Waals surface area contributed by atoms with E-state index in [-0.39, 0.29) is 24.8 Å². The summed E-state index contributed by atoms with van der Waals surface area (Å²) in [5.74, 6) is -0.436. The Bertz CT molecular complexity index is 406. The summed E-state index contributed by atoms with van der Waals surface area (Å²) < 4.78 is 4.76. The number of anilines is 1. The Hall–Kier alpha value is -1.47. The number of hydrogen-bond acceptors (Lipinski definition) is 6. The van der Waals surface area contributed by atoms with E-state index in [1.54, 1.807) is 6.92 Å². The van der Waals surface area contributed by atoms with Crippen LogP contribution in [0.25, 0.3) is 0 Å². The fourth-order valence-electron chi connectivity index (χ4n) is 1.20. The molecule has 0 saturated carbocycles. The zero-order valence-corrected chi connectivity index (χ0v) is 11.3. The van der Waals surface area contributed by atoms with E-state index in [1.165, 1.54) is 11.3 Å². The molecule has 0 fully saturated rings. The third-order valence-corrected chi connectivity index (χ3v) is 2.84. The monoisotopic (exact) mass is 271 g/mol. The van der Waals surface area contributed by atoms with Crippen LogP contribution in [0, 0.1) is 6.92 Å². The molecular weight excluding hydrogens is 254 g/mol. The van der Waals surface area contributed by atoms with Crippen LogP contribution in [0.5, 0.6) is 0 Å². The molecule has 0 atom stereocenters. The molecule has 0 bridgehead atoms. The lowest BCUT2D eigenvalue weighted by atomic mass is 10.4. The van der Waals surface area contributed by atoms with Crippen molar-refractivity contribution in [2.45, 2.75) is 20.3 Å². The van der Waals surface area contributed by atoms with Crippen molar-refractivity contribution < 1.29 is 14.3 Å². The number of esters is 1. The van der Waals surface area contributed by atoms with Crippen molar-refractivity contribution in [2.75, 3.05) is 25.0 Å². The highest BCUT2D eigenvalue weighted by Crippen LogP contribution is 2.13. The summed E-state index contributed by atoms with van der Waals surface area (Å²) in [6, 6.07) is 0. The highest BCUT2D eigenvalue weighted by atomic mass is 32.1. The molecule has 0 aliphatic heterocycles. The normalized spacial score (nSPS) is 10.1. The Morgan fingerprint density at radius 2 is 2.28 bits per heavy atom. The van der Waals surface area contributed by atoms with Gasteiger partial charge in [-0.25, -0.2) is 4.98 Å². The van der Waals surface area contributed by atoms with Gasteiger partial charge < -0.3 is 15.4 Å². The second-order valence-corrected chi connectivity index (χ2v) is 4.43. The number of carbonyl (C=O) groups excluding carboxylic acids is 2. The van der Waals surface area contributed by atoms with Crippen molar-refractivity contribution in [2.24, 2.45) is 0 Å². The summed E-state index contributed by atoms with van der Waals surface area (Å²) in [5.41, 5.74) is 0.880. The van der Waals surface area contributed by atoms with Crippen LogP contribution in [-0.2, 0) is 14.3 Å². The largest absolute Gasteiger partial charge is 0.466 e. The SMILES string of the molecule is CCOC(=O)CCNCC(=O)Nc1nc(C)cs1. The predicted molar refractivity (Wildman–Crippen MR) is 69.6 cm³/mol. The van der Waals surface area contributed by atoms with Gasteiger partial charge in [-0.15, -0.1) is 11.3 Å². The number of nitrogens with zero attached hydrogens (tertiary/aromatic N) is 1. The molecule has 1 rings (SSSR count). The summed E-state index contributed by atoms with van der Waals surface area (Å²) in [6.45, 7) is 4.57. The third kappa shape index (κ3) is 5.74. The van der Waals surface area contributed by atoms with Gasteiger partial charge in [0.2, 0.25) is 5.91 Å². The molecule has 7 heteroatoms. The number of aromatic nitrogens is 1. The van der Waals surface area contributed by atoms with Crippen LogP contribution in [0.15, 0.2) is 5.38 Å². The molecule has 0 aliphatic carbocycles. The van der Waals surface area contributed by atoms with Crippen LogP contribution in [-0.4, -0.2) is 36.6 Å². The lowest BCUT2D eigenvalue weighted by Gasteiger charge is -2.04. The molecular formula is C11H17N3O3S. The van der Waals surface area contributed by atoms with Gasteiger partial charge in [-0.2, -0.15) is 0 Å². The van der Waals surface area contributed by atoms with E-state index in [0.717, 1.165) is 5.69 Å². The number of rotatable bonds is 7. The first-order chi connectivity index (χ1) is 8.61. The van der Waals surface area contributed by atoms with Crippen LogP contribution >= 0.6 is 11.3 Å². The minimum Gasteiger partial charge on any atom is -0.466 e. The maximum atomic E-state index is 11.5. The molecule has 0 aliphatic rings. The van der Waals surface area contributed by atoms with Crippen LogP contribution in [0.2, 0.25) is 0 Å². The number of aryl methyl sites for hydroxylation is 1. The van der Waals surface area contributed by atoms with Gasteiger partial charge in [0.05, 0.1) is 25.3 Å². The number of amides is 1. The van der Waals surface area contributed by atoms with Crippen molar-refractivity contribution in [1.82, 2.24) is 10.3 Å². The first-order valence-corrected chi connectivity index (χ1v) is 6.58. The average Bonchev–Trinajstić information content (AvgIpc) is 2.70. The molecule has 2 N–H and O–H groups in total. The topological polar surface area (TPSA) is 80.3 Å². The number of nitrogens with one attached hydrogen (secondary N) is 2. The number of thiazole rings is 1. The number of carbonyl (C=O) groups is 2.